The summed E-state index contributed by atoms with van der Waals surface area (Å²) in [5, 5.41) is 0. The fraction of sp³-hybridized carbons (Fsp3) is 0.182. The van der Waals surface area contributed by atoms with Crippen molar-refractivity contribution in [2.75, 3.05) is 5.73 Å². The van der Waals surface area contributed by atoms with E-state index in [0.29, 0.717) is 11.7 Å². The summed E-state index contributed by atoms with van der Waals surface area (Å²) in [6, 6.07) is 3.82. The van der Waals surface area contributed by atoms with Crippen molar-refractivity contribution in [1.29, 1.82) is 0 Å². The second-order valence-electron chi connectivity index (χ2n) is 2.88. The van der Waals surface area contributed by atoms with Gasteiger partial charge in [0.2, 0.25) is 0 Å². The zero-order valence-corrected chi connectivity index (χ0v) is 7.61. The topological polar surface area (TPSA) is 38.9 Å². The molecule has 0 amide bonds. The largest absolute Gasteiger partial charge is 0.384 e. The Balaban J connectivity index is 2.90. The van der Waals surface area contributed by atoms with Gasteiger partial charge in [0.15, 0.2) is 0 Å². The van der Waals surface area contributed by atoms with E-state index >= 15 is 0 Å². The van der Waals surface area contributed by atoms with Crippen molar-refractivity contribution < 1.29 is 0 Å². The van der Waals surface area contributed by atoms with E-state index in [1.54, 1.807) is 6.20 Å². The second-order valence-corrected chi connectivity index (χ2v) is 2.88. The maximum atomic E-state index is 5.58. The van der Waals surface area contributed by atoms with Gasteiger partial charge in [0.25, 0.3) is 0 Å². The van der Waals surface area contributed by atoms with Crippen LogP contribution in [0.15, 0.2) is 43.6 Å². The van der Waals surface area contributed by atoms with Crippen molar-refractivity contribution >= 4 is 5.82 Å². The molecule has 0 aromatic carbocycles. The van der Waals surface area contributed by atoms with Gasteiger partial charge in [-0.25, -0.2) is 4.98 Å². The number of pyridine rings is 1. The molecule has 0 fully saturated rings. The smallest absolute Gasteiger partial charge is 0.123 e. The number of hydrogen-bond acceptors (Lipinski definition) is 2. The van der Waals surface area contributed by atoms with Crippen molar-refractivity contribution in [1.82, 2.24) is 4.98 Å². The molecule has 2 nitrogen and oxygen atoms in total. The molecule has 0 aliphatic carbocycles. The molecule has 0 radical (unpaired) electrons. The van der Waals surface area contributed by atoms with Gasteiger partial charge in [0.05, 0.1) is 0 Å². The average molecular weight is 174 g/mol. The number of rotatable bonds is 4. The van der Waals surface area contributed by atoms with Gasteiger partial charge in [-0.1, -0.05) is 12.2 Å². The Kier molecular flexibility index (Phi) is 3.26. The zero-order valence-electron chi connectivity index (χ0n) is 7.61. The number of aromatic nitrogens is 1. The molecular weight excluding hydrogens is 160 g/mol. The number of allylic oxidation sites excluding steroid dienone is 2. The first-order valence-electron chi connectivity index (χ1n) is 4.22. The van der Waals surface area contributed by atoms with Crippen LogP contribution in [0.1, 0.15) is 17.9 Å². The lowest BCUT2D eigenvalue weighted by molar-refractivity contribution is 0.865. The summed E-state index contributed by atoms with van der Waals surface area (Å²) in [5.41, 5.74) is 6.72. The van der Waals surface area contributed by atoms with Gasteiger partial charge < -0.3 is 5.73 Å². The molecule has 0 saturated carbocycles. The maximum absolute atomic E-state index is 5.58. The van der Waals surface area contributed by atoms with Crippen molar-refractivity contribution in [3.8, 4) is 0 Å². The number of hydrogen-bond donors (Lipinski definition) is 1. The summed E-state index contributed by atoms with van der Waals surface area (Å²) in [6.45, 7) is 7.48. The standard InChI is InChI=1S/C11H14N2/c1-3-5-9(4-2)10-6-7-13-11(12)8-10/h3-4,6-9H,1-2,5H2,(H2,12,13). The third-order valence-corrected chi connectivity index (χ3v) is 1.94. The summed E-state index contributed by atoms with van der Waals surface area (Å²) in [5.74, 6) is 0.844. The van der Waals surface area contributed by atoms with Crippen LogP contribution in [0, 0.1) is 0 Å². The Morgan fingerprint density at radius 2 is 2.31 bits per heavy atom. The zero-order chi connectivity index (χ0) is 9.68. The number of nitrogens with zero attached hydrogens (tertiary/aromatic N) is 1. The van der Waals surface area contributed by atoms with Crippen molar-refractivity contribution in [2.24, 2.45) is 0 Å². The summed E-state index contributed by atoms with van der Waals surface area (Å²) in [7, 11) is 0. The van der Waals surface area contributed by atoms with Crippen LogP contribution in [0.3, 0.4) is 0 Å². The third kappa shape index (κ3) is 2.44. The van der Waals surface area contributed by atoms with Gasteiger partial charge in [-0.15, -0.1) is 13.2 Å². The number of nitrogen functional groups attached to an aromatic ring is 1. The highest BCUT2D eigenvalue weighted by molar-refractivity contribution is 5.35. The molecule has 13 heavy (non-hydrogen) atoms. The molecule has 1 aromatic heterocycles. The molecule has 0 saturated heterocycles. The predicted octanol–water partition coefficient (Wildman–Crippen LogP) is 2.51. The summed E-state index contributed by atoms with van der Waals surface area (Å²) in [6.07, 6.45) is 6.37. The van der Waals surface area contributed by atoms with Crippen LogP contribution in [0.4, 0.5) is 5.82 Å². The predicted molar refractivity (Wildman–Crippen MR) is 56.4 cm³/mol. The van der Waals surface area contributed by atoms with E-state index in [-0.39, 0.29) is 0 Å². The summed E-state index contributed by atoms with van der Waals surface area (Å²) in [4.78, 5) is 3.93. The van der Waals surface area contributed by atoms with Gasteiger partial charge in [0, 0.05) is 12.1 Å². The Hall–Kier alpha value is -1.57. The lowest BCUT2D eigenvalue weighted by atomic mass is 9.97. The van der Waals surface area contributed by atoms with E-state index in [1.807, 2.05) is 24.3 Å². The first-order valence-corrected chi connectivity index (χ1v) is 4.22. The molecule has 0 spiro atoms. The highest BCUT2D eigenvalue weighted by Crippen LogP contribution is 2.21. The minimum atomic E-state index is 0.294. The molecule has 68 valence electrons. The molecule has 2 N–H and O–H groups in total. The quantitative estimate of drug-likeness (QED) is 0.712. The highest BCUT2D eigenvalue weighted by atomic mass is 14.8. The van der Waals surface area contributed by atoms with Crippen molar-refractivity contribution in [2.45, 2.75) is 12.3 Å². The minimum absolute atomic E-state index is 0.294. The normalized spacial score (nSPS) is 12.0. The summed E-state index contributed by atoms with van der Waals surface area (Å²) >= 11 is 0. The lowest BCUT2D eigenvalue weighted by Crippen LogP contribution is -1.96. The highest BCUT2D eigenvalue weighted by Gasteiger charge is 2.05. The van der Waals surface area contributed by atoms with E-state index in [0.717, 1.165) is 12.0 Å². The van der Waals surface area contributed by atoms with Gasteiger partial charge >= 0.3 is 0 Å². The number of nitrogens with two attached hydrogens (primary N) is 1. The van der Waals surface area contributed by atoms with Crippen LogP contribution in [0.2, 0.25) is 0 Å². The van der Waals surface area contributed by atoms with E-state index in [2.05, 4.69) is 18.1 Å². The molecule has 1 unspecified atom stereocenters. The second kappa shape index (κ2) is 4.45. The van der Waals surface area contributed by atoms with E-state index in [9.17, 15) is 0 Å². The van der Waals surface area contributed by atoms with E-state index < -0.39 is 0 Å². The lowest BCUT2D eigenvalue weighted by Gasteiger charge is -2.09. The minimum Gasteiger partial charge on any atom is -0.384 e. The Morgan fingerprint density at radius 3 is 2.85 bits per heavy atom. The van der Waals surface area contributed by atoms with Gasteiger partial charge in [-0.3, -0.25) is 0 Å². The maximum Gasteiger partial charge on any atom is 0.123 e. The molecular formula is C11H14N2. The van der Waals surface area contributed by atoms with Gasteiger partial charge in [-0.2, -0.15) is 0 Å². The van der Waals surface area contributed by atoms with Crippen LogP contribution in [0.25, 0.3) is 0 Å². The molecule has 2 heteroatoms. The third-order valence-electron chi connectivity index (χ3n) is 1.94. The Labute approximate surface area is 78.8 Å². The monoisotopic (exact) mass is 174 g/mol. The first kappa shape index (κ1) is 9.52. The Bertz CT molecular complexity index is 305. The molecule has 0 aliphatic heterocycles. The number of anilines is 1. The van der Waals surface area contributed by atoms with Crippen LogP contribution in [-0.4, -0.2) is 4.98 Å². The van der Waals surface area contributed by atoms with Crippen LogP contribution in [0.5, 0.6) is 0 Å². The van der Waals surface area contributed by atoms with Gasteiger partial charge in [-0.05, 0) is 24.1 Å². The van der Waals surface area contributed by atoms with Crippen LogP contribution in [-0.2, 0) is 0 Å². The van der Waals surface area contributed by atoms with E-state index in [1.165, 1.54) is 0 Å². The van der Waals surface area contributed by atoms with Crippen LogP contribution < -0.4 is 5.73 Å². The Morgan fingerprint density at radius 1 is 1.54 bits per heavy atom. The fourth-order valence-electron chi connectivity index (χ4n) is 1.24. The first-order chi connectivity index (χ1) is 6.27. The molecule has 1 rings (SSSR count). The average Bonchev–Trinajstić information content (AvgIpc) is 2.14. The molecule has 1 heterocycles. The molecule has 0 aliphatic rings. The SMILES string of the molecule is C=CCC(C=C)c1ccnc(N)c1. The molecule has 0 bridgehead atoms. The van der Waals surface area contributed by atoms with E-state index in [4.69, 9.17) is 5.73 Å². The fourth-order valence-corrected chi connectivity index (χ4v) is 1.24. The molecule has 1 aromatic rings. The van der Waals surface area contributed by atoms with Crippen molar-refractivity contribution in [3.05, 3.63) is 49.2 Å². The van der Waals surface area contributed by atoms with Gasteiger partial charge in [0.1, 0.15) is 5.82 Å². The van der Waals surface area contributed by atoms with Crippen LogP contribution >= 0.6 is 0 Å². The molecule has 1 atom stereocenters. The summed E-state index contributed by atoms with van der Waals surface area (Å²) < 4.78 is 0. The van der Waals surface area contributed by atoms with Crippen molar-refractivity contribution in [3.63, 3.8) is 0 Å².